The average molecular weight is 378 g/mol. The lowest BCUT2D eigenvalue weighted by molar-refractivity contribution is -0.248. The third-order valence-electron chi connectivity index (χ3n) is 4.77. The summed E-state index contributed by atoms with van der Waals surface area (Å²) in [5, 5.41) is 13.8. The van der Waals surface area contributed by atoms with Crippen LogP contribution in [0.4, 0.5) is 18.9 Å². The number of rotatable bonds is 2. The van der Waals surface area contributed by atoms with Crippen LogP contribution < -0.4 is 5.32 Å². The number of thiazole rings is 1. The summed E-state index contributed by atoms with van der Waals surface area (Å²) in [6.45, 7) is 2.56. The van der Waals surface area contributed by atoms with Crippen molar-refractivity contribution in [3.63, 3.8) is 0 Å². The highest BCUT2D eigenvalue weighted by Crippen LogP contribution is 2.47. The third kappa shape index (κ3) is 2.57. The molecule has 26 heavy (non-hydrogen) atoms. The Morgan fingerprint density at radius 1 is 1.19 bits per heavy atom. The van der Waals surface area contributed by atoms with Crippen LogP contribution in [0.2, 0.25) is 0 Å². The van der Waals surface area contributed by atoms with Crippen LogP contribution in [0.5, 0.6) is 0 Å². The number of aliphatic hydroxyl groups is 1. The maximum Gasteiger partial charge on any atom is 0.428 e. The van der Waals surface area contributed by atoms with Crippen LogP contribution >= 0.6 is 11.3 Å². The number of hydrogen-bond acceptors (Lipinski definition) is 4. The highest BCUT2D eigenvalue weighted by Gasteiger charge is 2.58. The van der Waals surface area contributed by atoms with Crippen LogP contribution in [-0.4, -0.2) is 22.8 Å². The molecule has 3 nitrogen and oxygen atoms in total. The number of aromatic nitrogens is 1. The Labute approximate surface area is 152 Å². The van der Waals surface area contributed by atoms with Crippen LogP contribution in [0, 0.1) is 6.92 Å². The largest absolute Gasteiger partial charge is 0.428 e. The van der Waals surface area contributed by atoms with Gasteiger partial charge < -0.3 is 10.4 Å². The van der Waals surface area contributed by atoms with Crippen molar-refractivity contribution in [2.75, 3.05) is 11.9 Å². The Hall–Kier alpha value is -2.12. The minimum absolute atomic E-state index is 0.177. The molecule has 0 saturated heterocycles. The van der Waals surface area contributed by atoms with Gasteiger partial charge in [0.25, 0.3) is 0 Å². The first-order chi connectivity index (χ1) is 12.3. The lowest BCUT2D eigenvalue weighted by Crippen LogP contribution is -2.43. The van der Waals surface area contributed by atoms with Crippen molar-refractivity contribution < 1.29 is 18.3 Å². The van der Waals surface area contributed by atoms with Gasteiger partial charge in [-0.15, -0.1) is 11.3 Å². The molecule has 0 spiro atoms. The van der Waals surface area contributed by atoms with Crippen molar-refractivity contribution in [1.82, 2.24) is 4.98 Å². The summed E-state index contributed by atoms with van der Waals surface area (Å²) in [4.78, 5) is 4.10. The van der Waals surface area contributed by atoms with Gasteiger partial charge in [0.05, 0.1) is 10.2 Å². The molecule has 1 unspecified atom stereocenters. The summed E-state index contributed by atoms with van der Waals surface area (Å²) in [5.41, 5.74) is -0.492. The fourth-order valence-corrected chi connectivity index (χ4v) is 4.55. The second kappa shape index (κ2) is 5.96. The summed E-state index contributed by atoms with van der Waals surface area (Å²) < 4.78 is 42.8. The third-order valence-corrected chi connectivity index (χ3v) is 5.92. The van der Waals surface area contributed by atoms with Crippen molar-refractivity contribution in [1.29, 1.82) is 0 Å². The summed E-state index contributed by atoms with van der Waals surface area (Å²) in [5.74, 6) is 0. The van der Waals surface area contributed by atoms with Gasteiger partial charge in [-0.05, 0) is 43.0 Å². The predicted octanol–water partition coefficient (Wildman–Crippen LogP) is 4.76. The second-order valence-electron chi connectivity index (χ2n) is 6.55. The number of nitrogens with one attached hydrogen (secondary N) is 1. The minimum atomic E-state index is -4.89. The smallest absolute Gasteiger partial charge is 0.385 e. The first-order valence-electron chi connectivity index (χ1n) is 8.34. The molecule has 0 bridgehead atoms. The zero-order valence-corrected chi connectivity index (χ0v) is 14.8. The molecule has 7 heteroatoms. The highest BCUT2D eigenvalue weighted by atomic mass is 32.1. The number of anilines is 1. The first-order valence-corrected chi connectivity index (χ1v) is 9.15. The van der Waals surface area contributed by atoms with Gasteiger partial charge >= 0.3 is 6.18 Å². The minimum Gasteiger partial charge on any atom is -0.385 e. The SMILES string of the molecule is Cc1cc(C(O)(c2nc3ccccc3s2)C(F)(F)F)cc2c1NCCC2. The number of hydrogen-bond donors (Lipinski definition) is 2. The van der Waals surface area contributed by atoms with Gasteiger partial charge in [0.2, 0.25) is 5.60 Å². The summed E-state index contributed by atoms with van der Waals surface area (Å²) in [6, 6.07) is 9.69. The molecule has 1 atom stereocenters. The van der Waals surface area contributed by atoms with E-state index in [9.17, 15) is 18.3 Å². The molecular weight excluding hydrogens is 361 g/mol. The number of aryl methyl sites for hydroxylation is 2. The Kier molecular flexibility index (Phi) is 3.96. The molecule has 4 rings (SSSR count). The average Bonchev–Trinajstić information content (AvgIpc) is 3.04. The quantitative estimate of drug-likeness (QED) is 0.676. The number of para-hydroxylation sites is 1. The number of fused-ring (bicyclic) bond motifs is 2. The van der Waals surface area contributed by atoms with Gasteiger partial charge in [-0.3, -0.25) is 0 Å². The molecule has 1 aliphatic heterocycles. The van der Waals surface area contributed by atoms with E-state index in [2.05, 4.69) is 10.3 Å². The highest BCUT2D eigenvalue weighted by molar-refractivity contribution is 7.18. The molecule has 3 aromatic rings. The van der Waals surface area contributed by atoms with E-state index in [0.717, 1.165) is 35.6 Å². The lowest BCUT2D eigenvalue weighted by Gasteiger charge is -2.31. The monoisotopic (exact) mass is 378 g/mol. The Bertz CT molecular complexity index is 950. The van der Waals surface area contributed by atoms with E-state index >= 15 is 0 Å². The normalized spacial score (nSPS) is 16.8. The Balaban J connectivity index is 1.94. The number of nitrogens with zero attached hydrogens (tertiary/aromatic N) is 1. The fraction of sp³-hybridized carbons (Fsp3) is 0.316. The van der Waals surface area contributed by atoms with Gasteiger partial charge in [-0.25, -0.2) is 4.98 Å². The van der Waals surface area contributed by atoms with Gasteiger partial charge in [-0.2, -0.15) is 13.2 Å². The Morgan fingerprint density at radius 2 is 1.96 bits per heavy atom. The molecule has 0 amide bonds. The molecule has 0 saturated carbocycles. The zero-order valence-electron chi connectivity index (χ0n) is 14.0. The van der Waals surface area contributed by atoms with Gasteiger partial charge in [0.15, 0.2) is 0 Å². The topological polar surface area (TPSA) is 45.2 Å². The molecule has 0 fully saturated rings. The summed E-state index contributed by atoms with van der Waals surface area (Å²) >= 11 is 0.872. The molecule has 136 valence electrons. The van der Waals surface area contributed by atoms with Crippen molar-refractivity contribution in [2.24, 2.45) is 0 Å². The van der Waals surface area contributed by atoms with Gasteiger partial charge in [0, 0.05) is 17.8 Å². The number of halogens is 3. The van der Waals surface area contributed by atoms with Crippen LogP contribution in [0.25, 0.3) is 10.2 Å². The van der Waals surface area contributed by atoms with Gasteiger partial charge in [0.1, 0.15) is 5.01 Å². The van der Waals surface area contributed by atoms with Crippen molar-refractivity contribution in [2.45, 2.75) is 31.5 Å². The van der Waals surface area contributed by atoms with E-state index in [-0.39, 0.29) is 10.6 Å². The predicted molar refractivity (Wildman–Crippen MR) is 96.7 cm³/mol. The van der Waals surface area contributed by atoms with E-state index in [1.807, 2.05) is 0 Å². The van der Waals surface area contributed by atoms with Gasteiger partial charge in [-0.1, -0.05) is 24.3 Å². The van der Waals surface area contributed by atoms with Crippen LogP contribution in [-0.2, 0) is 12.0 Å². The zero-order chi connectivity index (χ0) is 18.5. The summed E-state index contributed by atoms with van der Waals surface area (Å²) in [7, 11) is 0. The maximum absolute atomic E-state index is 14.1. The standard InChI is InChI=1S/C19H17F3N2OS/c1-11-9-13(10-12-5-4-8-23-16(11)12)18(25,19(20,21)22)17-24-14-6-2-3-7-15(14)26-17/h2-3,6-7,9-10,23,25H,4-5,8H2,1H3. The van der Waals surface area contributed by atoms with E-state index in [1.54, 1.807) is 31.2 Å². The molecule has 2 aromatic carbocycles. The number of benzene rings is 2. The molecule has 0 aliphatic carbocycles. The fourth-order valence-electron chi connectivity index (χ4n) is 3.45. The molecular formula is C19H17F3N2OS. The molecule has 0 radical (unpaired) electrons. The van der Waals surface area contributed by atoms with Crippen LogP contribution in [0.15, 0.2) is 36.4 Å². The first kappa shape index (κ1) is 17.3. The molecule has 2 N–H and O–H groups in total. The maximum atomic E-state index is 14.1. The van der Waals surface area contributed by atoms with Crippen molar-refractivity contribution >= 4 is 27.2 Å². The van der Waals surface area contributed by atoms with E-state index in [1.165, 1.54) is 12.1 Å². The van der Waals surface area contributed by atoms with Crippen molar-refractivity contribution in [3.05, 3.63) is 58.1 Å². The molecule has 1 aromatic heterocycles. The van der Waals surface area contributed by atoms with Crippen LogP contribution in [0.1, 0.15) is 28.1 Å². The Morgan fingerprint density at radius 3 is 2.69 bits per heavy atom. The summed E-state index contributed by atoms with van der Waals surface area (Å²) in [6.07, 6.45) is -3.35. The molecule has 1 aliphatic rings. The van der Waals surface area contributed by atoms with E-state index in [0.29, 0.717) is 22.2 Å². The van der Waals surface area contributed by atoms with E-state index < -0.39 is 11.8 Å². The lowest BCUT2D eigenvalue weighted by atomic mass is 9.88. The molecule has 2 heterocycles. The number of alkyl halides is 3. The second-order valence-corrected chi connectivity index (χ2v) is 7.58. The van der Waals surface area contributed by atoms with Crippen LogP contribution in [0.3, 0.4) is 0 Å². The van der Waals surface area contributed by atoms with Crippen molar-refractivity contribution in [3.8, 4) is 0 Å². The van der Waals surface area contributed by atoms with E-state index in [4.69, 9.17) is 0 Å².